The van der Waals surface area contributed by atoms with E-state index in [9.17, 15) is 0 Å². The lowest BCUT2D eigenvalue weighted by Gasteiger charge is -2.36. The van der Waals surface area contributed by atoms with Crippen molar-refractivity contribution in [2.75, 3.05) is 20.8 Å². The SMILES string of the molecule is COc1cccc(C2(C)NCCc3c2[nH]c2ccccc32)c1OC.Cl. The first-order valence-electron chi connectivity index (χ1n) is 8.25. The van der Waals surface area contributed by atoms with E-state index in [2.05, 4.69) is 47.6 Å². The van der Waals surface area contributed by atoms with Gasteiger partial charge in [-0.15, -0.1) is 12.4 Å². The molecule has 1 atom stereocenters. The number of halogens is 1. The number of aromatic amines is 1. The van der Waals surface area contributed by atoms with Gasteiger partial charge >= 0.3 is 0 Å². The summed E-state index contributed by atoms with van der Waals surface area (Å²) < 4.78 is 11.2. The molecule has 0 aliphatic carbocycles. The molecule has 1 aromatic heterocycles. The zero-order valence-electron chi connectivity index (χ0n) is 14.7. The highest BCUT2D eigenvalue weighted by Crippen LogP contribution is 2.44. The van der Waals surface area contributed by atoms with Gasteiger partial charge in [-0.05, 0) is 31.0 Å². The number of H-pyrrole nitrogens is 1. The summed E-state index contributed by atoms with van der Waals surface area (Å²) in [6.07, 6.45) is 1.02. The Bertz CT molecular complexity index is 906. The van der Waals surface area contributed by atoms with Crippen LogP contribution in [0.4, 0.5) is 0 Å². The van der Waals surface area contributed by atoms with E-state index in [1.54, 1.807) is 14.2 Å². The number of nitrogens with one attached hydrogen (secondary N) is 2. The topological polar surface area (TPSA) is 46.3 Å². The predicted octanol–water partition coefficient (Wildman–Crippen LogP) is 4.02. The van der Waals surface area contributed by atoms with Crippen LogP contribution in [-0.2, 0) is 12.0 Å². The fourth-order valence-corrected chi connectivity index (χ4v) is 3.92. The molecule has 25 heavy (non-hydrogen) atoms. The lowest BCUT2D eigenvalue weighted by molar-refractivity contribution is 0.331. The maximum Gasteiger partial charge on any atom is 0.166 e. The van der Waals surface area contributed by atoms with Gasteiger partial charge in [0.1, 0.15) is 0 Å². The highest BCUT2D eigenvalue weighted by molar-refractivity contribution is 5.86. The zero-order chi connectivity index (χ0) is 16.7. The van der Waals surface area contributed by atoms with Gasteiger partial charge in [0.2, 0.25) is 0 Å². The summed E-state index contributed by atoms with van der Waals surface area (Å²) >= 11 is 0. The molecule has 0 amide bonds. The van der Waals surface area contributed by atoms with Crippen LogP contribution in [0.1, 0.15) is 23.7 Å². The van der Waals surface area contributed by atoms with Gasteiger partial charge in [-0.25, -0.2) is 0 Å². The second-order valence-electron chi connectivity index (χ2n) is 6.37. The average molecular weight is 359 g/mol. The molecule has 2 N–H and O–H groups in total. The van der Waals surface area contributed by atoms with Crippen molar-refractivity contribution < 1.29 is 9.47 Å². The summed E-state index contributed by atoms with van der Waals surface area (Å²) in [7, 11) is 3.37. The van der Waals surface area contributed by atoms with Crippen molar-refractivity contribution in [1.29, 1.82) is 0 Å². The quantitative estimate of drug-likeness (QED) is 0.743. The van der Waals surface area contributed by atoms with E-state index >= 15 is 0 Å². The number of fused-ring (bicyclic) bond motifs is 3. The van der Waals surface area contributed by atoms with E-state index in [1.165, 1.54) is 22.2 Å². The van der Waals surface area contributed by atoms with E-state index in [0.717, 1.165) is 30.0 Å². The van der Waals surface area contributed by atoms with Gasteiger partial charge in [0, 0.05) is 28.7 Å². The summed E-state index contributed by atoms with van der Waals surface area (Å²) in [6, 6.07) is 14.6. The molecule has 0 radical (unpaired) electrons. The van der Waals surface area contributed by atoms with Gasteiger partial charge < -0.3 is 19.8 Å². The highest BCUT2D eigenvalue weighted by Gasteiger charge is 2.38. The Hall–Kier alpha value is -2.17. The number of para-hydroxylation sites is 2. The molecule has 1 unspecified atom stereocenters. The van der Waals surface area contributed by atoms with E-state index in [4.69, 9.17) is 9.47 Å². The Morgan fingerprint density at radius 2 is 1.80 bits per heavy atom. The molecule has 5 heteroatoms. The minimum atomic E-state index is -0.355. The molecular weight excluding hydrogens is 336 g/mol. The zero-order valence-corrected chi connectivity index (χ0v) is 15.5. The van der Waals surface area contributed by atoms with Crippen molar-refractivity contribution in [2.24, 2.45) is 0 Å². The van der Waals surface area contributed by atoms with Crippen LogP contribution in [0.15, 0.2) is 42.5 Å². The third kappa shape index (κ3) is 2.57. The van der Waals surface area contributed by atoms with E-state index in [0.29, 0.717) is 0 Å². The molecule has 4 rings (SSSR count). The van der Waals surface area contributed by atoms with E-state index in [-0.39, 0.29) is 17.9 Å². The van der Waals surface area contributed by atoms with E-state index in [1.807, 2.05) is 12.1 Å². The summed E-state index contributed by atoms with van der Waals surface area (Å²) in [5.74, 6) is 1.53. The molecule has 0 bridgehead atoms. The monoisotopic (exact) mass is 358 g/mol. The minimum Gasteiger partial charge on any atom is -0.493 e. The molecule has 1 aliphatic rings. The van der Waals surface area contributed by atoms with Crippen molar-refractivity contribution >= 4 is 23.3 Å². The van der Waals surface area contributed by atoms with Gasteiger partial charge in [0.15, 0.2) is 11.5 Å². The number of methoxy groups -OCH3 is 2. The lowest BCUT2D eigenvalue weighted by atomic mass is 9.82. The van der Waals surface area contributed by atoms with Crippen LogP contribution in [-0.4, -0.2) is 25.7 Å². The number of hydrogen-bond donors (Lipinski definition) is 2. The molecule has 0 fully saturated rings. The number of aromatic nitrogens is 1. The van der Waals surface area contributed by atoms with E-state index < -0.39 is 0 Å². The van der Waals surface area contributed by atoms with Gasteiger partial charge in [0.25, 0.3) is 0 Å². The molecule has 3 aromatic rings. The summed E-state index contributed by atoms with van der Waals surface area (Å²) in [6.45, 7) is 3.13. The molecule has 132 valence electrons. The van der Waals surface area contributed by atoms with Crippen molar-refractivity contribution in [2.45, 2.75) is 18.9 Å². The predicted molar refractivity (Wildman–Crippen MR) is 103 cm³/mol. The van der Waals surface area contributed by atoms with Crippen molar-refractivity contribution in [3.8, 4) is 11.5 Å². The maximum absolute atomic E-state index is 5.70. The Balaban J connectivity index is 0.00000182. The van der Waals surface area contributed by atoms with Crippen molar-refractivity contribution in [3.63, 3.8) is 0 Å². The second-order valence-corrected chi connectivity index (χ2v) is 6.37. The minimum absolute atomic E-state index is 0. The van der Waals surface area contributed by atoms with Crippen LogP contribution >= 0.6 is 12.4 Å². The molecule has 0 saturated heterocycles. The number of ether oxygens (including phenoxy) is 2. The van der Waals surface area contributed by atoms with Crippen molar-refractivity contribution in [3.05, 3.63) is 59.3 Å². The largest absolute Gasteiger partial charge is 0.493 e. The fraction of sp³-hybridized carbons (Fsp3) is 0.300. The molecule has 0 saturated carbocycles. The number of hydrogen-bond acceptors (Lipinski definition) is 3. The van der Waals surface area contributed by atoms with Crippen molar-refractivity contribution in [1.82, 2.24) is 10.3 Å². The Kier molecular flexibility index (Phi) is 4.67. The van der Waals surface area contributed by atoms with Crippen LogP contribution in [0.25, 0.3) is 10.9 Å². The van der Waals surface area contributed by atoms with Gasteiger partial charge in [-0.2, -0.15) is 0 Å². The summed E-state index contributed by atoms with van der Waals surface area (Å²) in [5, 5.41) is 5.00. The van der Waals surface area contributed by atoms with Crippen LogP contribution in [0, 0.1) is 0 Å². The Morgan fingerprint density at radius 3 is 2.56 bits per heavy atom. The molecule has 4 nitrogen and oxygen atoms in total. The summed E-state index contributed by atoms with van der Waals surface area (Å²) in [4.78, 5) is 3.64. The first-order valence-corrected chi connectivity index (χ1v) is 8.25. The first kappa shape index (κ1) is 17.6. The highest BCUT2D eigenvalue weighted by atomic mass is 35.5. The first-order chi connectivity index (χ1) is 11.7. The van der Waals surface area contributed by atoms with Crippen LogP contribution in [0.3, 0.4) is 0 Å². The standard InChI is InChI=1S/C20H22N2O2.ClH/c1-20(15-8-6-10-17(23-2)18(15)24-3)19-14(11-12-21-20)13-7-4-5-9-16(13)22-19;/h4-10,21-22H,11-12H2,1-3H3;1H. The third-order valence-electron chi connectivity index (χ3n) is 5.11. The van der Waals surface area contributed by atoms with Gasteiger partial charge in [-0.3, -0.25) is 0 Å². The number of benzene rings is 2. The molecule has 0 spiro atoms. The molecular formula is C20H23ClN2O2. The molecule has 1 aliphatic heterocycles. The molecule has 2 heterocycles. The number of rotatable bonds is 3. The fourth-order valence-electron chi connectivity index (χ4n) is 3.92. The van der Waals surface area contributed by atoms with Crippen LogP contribution in [0.2, 0.25) is 0 Å². The lowest BCUT2D eigenvalue weighted by Crippen LogP contribution is -2.46. The summed E-state index contributed by atoms with van der Waals surface area (Å²) in [5.41, 5.74) is 4.50. The van der Waals surface area contributed by atoms with Crippen LogP contribution < -0.4 is 14.8 Å². The Morgan fingerprint density at radius 1 is 1.00 bits per heavy atom. The smallest absolute Gasteiger partial charge is 0.166 e. The van der Waals surface area contributed by atoms with Crippen LogP contribution in [0.5, 0.6) is 11.5 Å². The maximum atomic E-state index is 5.70. The second kappa shape index (κ2) is 6.62. The third-order valence-corrected chi connectivity index (χ3v) is 5.11. The molecule has 2 aromatic carbocycles. The van der Waals surface area contributed by atoms with Gasteiger partial charge in [-0.1, -0.05) is 30.3 Å². The van der Waals surface area contributed by atoms with Gasteiger partial charge in [0.05, 0.1) is 19.8 Å². The Labute approximate surface area is 153 Å². The normalized spacial score (nSPS) is 19.2. The average Bonchev–Trinajstić information content (AvgIpc) is 3.01.